The van der Waals surface area contributed by atoms with E-state index >= 15 is 0 Å². The van der Waals surface area contributed by atoms with Crippen molar-refractivity contribution in [3.05, 3.63) is 42.0 Å². The SMILES string of the molecule is CCCCc1ccc(OC[C@H]2CC[C@H](C#CC=C[C@H]3CC[C@H](CCCC)CC3)CC2)cc1. The zero-order chi connectivity index (χ0) is 22.4. The summed E-state index contributed by atoms with van der Waals surface area (Å²) in [5, 5.41) is 0. The minimum atomic E-state index is 0.582. The zero-order valence-corrected chi connectivity index (χ0v) is 20.8. The highest BCUT2D eigenvalue weighted by atomic mass is 16.5. The molecule has 0 saturated heterocycles. The topological polar surface area (TPSA) is 9.23 Å². The van der Waals surface area contributed by atoms with E-state index in [0.717, 1.165) is 24.2 Å². The fraction of sp³-hybridized carbons (Fsp3) is 0.677. The van der Waals surface area contributed by atoms with Crippen molar-refractivity contribution >= 4 is 0 Å². The standard InChI is InChI=1S/C31H46O/c1-3-5-9-26-13-15-28(16-14-26)11-7-8-12-29-17-19-30(20-18-29)25-32-31-23-21-27(22-24-31)10-6-4-2/h7,11,21-24,26,28-30H,3-6,9-10,13-20,25H2,1-2H3/t26-,28-,29-,30-. The third-order valence-corrected chi connectivity index (χ3v) is 7.67. The lowest BCUT2D eigenvalue weighted by Crippen LogP contribution is -2.19. The van der Waals surface area contributed by atoms with Crippen LogP contribution in [0.1, 0.15) is 103 Å². The van der Waals surface area contributed by atoms with E-state index in [0.29, 0.717) is 11.8 Å². The summed E-state index contributed by atoms with van der Waals surface area (Å²) in [5.41, 5.74) is 1.42. The highest BCUT2D eigenvalue weighted by Gasteiger charge is 2.21. The molecular weight excluding hydrogens is 388 g/mol. The Kier molecular flexibility index (Phi) is 11.3. The van der Waals surface area contributed by atoms with Crippen LogP contribution in [0.5, 0.6) is 5.75 Å². The van der Waals surface area contributed by atoms with Crippen LogP contribution >= 0.6 is 0 Å². The van der Waals surface area contributed by atoms with Crippen LogP contribution in [0.15, 0.2) is 36.4 Å². The second kappa shape index (κ2) is 14.5. The maximum Gasteiger partial charge on any atom is 0.119 e. The molecule has 1 heteroatoms. The molecule has 0 unspecified atom stereocenters. The average molecular weight is 435 g/mol. The lowest BCUT2D eigenvalue weighted by molar-refractivity contribution is 0.196. The molecule has 1 aromatic rings. The summed E-state index contributed by atoms with van der Waals surface area (Å²) >= 11 is 0. The van der Waals surface area contributed by atoms with Gasteiger partial charge in [0.15, 0.2) is 0 Å². The summed E-state index contributed by atoms with van der Waals surface area (Å²) in [6, 6.07) is 8.74. The van der Waals surface area contributed by atoms with Crippen LogP contribution in [0, 0.1) is 35.5 Å². The van der Waals surface area contributed by atoms with Crippen LogP contribution in [-0.2, 0) is 6.42 Å². The summed E-state index contributed by atoms with van der Waals surface area (Å²) in [5.74, 6) is 11.0. The van der Waals surface area contributed by atoms with Crippen molar-refractivity contribution in [2.45, 2.75) is 104 Å². The summed E-state index contributed by atoms with van der Waals surface area (Å²) in [6.45, 7) is 5.41. The molecule has 1 aromatic carbocycles. The quantitative estimate of drug-likeness (QED) is 0.334. The van der Waals surface area contributed by atoms with Crippen molar-refractivity contribution in [3.63, 3.8) is 0 Å². The zero-order valence-electron chi connectivity index (χ0n) is 20.8. The van der Waals surface area contributed by atoms with Crippen molar-refractivity contribution in [3.8, 4) is 17.6 Å². The van der Waals surface area contributed by atoms with E-state index in [1.165, 1.54) is 95.5 Å². The van der Waals surface area contributed by atoms with Crippen LogP contribution in [-0.4, -0.2) is 6.61 Å². The second-order valence-corrected chi connectivity index (χ2v) is 10.3. The molecular formula is C31H46O. The first-order chi connectivity index (χ1) is 15.8. The van der Waals surface area contributed by atoms with Crippen LogP contribution in [0.4, 0.5) is 0 Å². The first-order valence-corrected chi connectivity index (χ1v) is 13.7. The van der Waals surface area contributed by atoms with Gasteiger partial charge in [-0.2, -0.15) is 0 Å². The maximum absolute atomic E-state index is 6.09. The number of benzene rings is 1. The third-order valence-electron chi connectivity index (χ3n) is 7.67. The van der Waals surface area contributed by atoms with Gasteiger partial charge in [-0.15, -0.1) is 0 Å². The molecule has 0 amide bonds. The molecule has 2 aliphatic carbocycles. The lowest BCUT2D eigenvalue weighted by Gasteiger charge is -2.26. The van der Waals surface area contributed by atoms with Crippen molar-refractivity contribution in [1.82, 2.24) is 0 Å². The number of aryl methyl sites for hydroxylation is 1. The smallest absolute Gasteiger partial charge is 0.119 e. The first kappa shape index (κ1) is 25.0. The Morgan fingerprint density at radius 1 is 0.844 bits per heavy atom. The van der Waals surface area contributed by atoms with Crippen molar-refractivity contribution in [2.75, 3.05) is 6.61 Å². The normalized spacial score (nSPS) is 25.9. The van der Waals surface area contributed by atoms with Gasteiger partial charge < -0.3 is 4.74 Å². The first-order valence-electron chi connectivity index (χ1n) is 13.7. The maximum atomic E-state index is 6.09. The van der Waals surface area contributed by atoms with Crippen LogP contribution in [0.2, 0.25) is 0 Å². The van der Waals surface area contributed by atoms with E-state index in [9.17, 15) is 0 Å². The van der Waals surface area contributed by atoms with Gasteiger partial charge in [0.1, 0.15) is 5.75 Å². The molecule has 0 aliphatic heterocycles. The van der Waals surface area contributed by atoms with Gasteiger partial charge in [-0.25, -0.2) is 0 Å². The summed E-state index contributed by atoms with van der Waals surface area (Å²) in [4.78, 5) is 0. The fourth-order valence-electron chi connectivity index (χ4n) is 5.33. The van der Waals surface area contributed by atoms with Crippen LogP contribution < -0.4 is 4.74 Å². The number of rotatable bonds is 10. The molecule has 0 radical (unpaired) electrons. The van der Waals surface area contributed by atoms with Crippen molar-refractivity contribution in [2.24, 2.45) is 23.7 Å². The summed E-state index contributed by atoms with van der Waals surface area (Å²) in [6.07, 6.45) is 23.0. The predicted molar refractivity (Wildman–Crippen MR) is 138 cm³/mol. The Bertz CT molecular complexity index is 703. The highest BCUT2D eigenvalue weighted by molar-refractivity contribution is 5.27. The average Bonchev–Trinajstić information content (AvgIpc) is 2.85. The minimum absolute atomic E-state index is 0.582. The van der Waals surface area contributed by atoms with Gasteiger partial charge >= 0.3 is 0 Å². The number of hydrogen-bond donors (Lipinski definition) is 0. The Balaban J connectivity index is 1.29. The number of ether oxygens (including phenoxy) is 1. The molecule has 0 spiro atoms. The molecule has 3 rings (SSSR count). The van der Waals surface area contributed by atoms with Gasteiger partial charge in [0.25, 0.3) is 0 Å². The molecule has 0 heterocycles. The van der Waals surface area contributed by atoms with Gasteiger partial charge in [0, 0.05) is 5.92 Å². The molecule has 0 aromatic heterocycles. The van der Waals surface area contributed by atoms with E-state index in [1.54, 1.807) is 0 Å². The Labute approximate surface area is 198 Å². The third kappa shape index (κ3) is 9.05. The van der Waals surface area contributed by atoms with E-state index in [1.807, 2.05) is 0 Å². The van der Waals surface area contributed by atoms with Gasteiger partial charge in [0.2, 0.25) is 0 Å². The van der Waals surface area contributed by atoms with Crippen LogP contribution in [0.3, 0.4) is 0 Å². The van der Waals surface area contributed by atoms with E-state index in [-0.39, 0.29) is 0 Å². The molecule has 2 saturated carbocycles. The van der Waals surface area contributed by atoms with Gasteiger partial charge in [-0.3, -0.25) is 0 Å². The molecule has 0 atom stereocenters. The number of allylic oxidation sites excluding steroid dienone is 2. The Morgan fingerprint density at radius 2 is 1.53 bits per heavy atom. The van der Waals surface area contributed by atoms with Gasteiger partial charge in [-0.05, 0) is 106 Å². The van der Waals surface area contributed by atoms with Gasteiger partial charge in [0.05, 0.1) is 6.61 Å². The van der Waals surface area contributed by atoms with Gasteiger partial charge in [-0.1, -0.05) is 69.6 Å². The number of hydrogen-bond acceptors (Lipinski definition) is 1. The molecule has 32 heavy (non-hydrogen) atoms. The second-order valence-electron chi connectivity index (χ2n) is 10.3. The Hall–Kier alpha value is -1.68. The molecule has 2 fully saturated rings. The van der Waals surface area contributed by atoms with Crippen molar-refractivity contribution in [1.29, 1.82) is 0 Å². The molecule has 176 valence electrons. The van der Waals surface area contributed by atoms with Crippen LogP contribution in [0.25, 0.3) is 0 Å². The molecule has 1 nitrogen and oxygen atoms in total. The monoisotopic (exact) mass is 434 g/mol. The predicted octanol–water partition coefficient (Wildman–Crippen LogP) is 8.77. The largest absolute Gasteiger partial charge is 0.493 e. The summed E-state index contributed by atoms with van der Waals surface area (Å²) < 4.78 is 6.09. The minimum Gasteiger partial charge on any atom is -0.493 e. The summed E-state index contributed by atoms with van der Waals surface area (Å²) in [7, 11) is 0. The Morgan fingerprint density at radius 3 is 2.22 bits per heavy atom. The van der Waals surface area contributed by atoms with E-state index in [4.69, 9.17) is 4.74 Å². The molecule has 0 bridgehead atoms. The lowest BCUT2D eigenvalue weighted by atomic mass is 9.80. The number of unbranched alkanes of at least 4 members (excludes halogenated alkanes) is 2. The van der Waals surface area contributed by atoms with E-state index in [2.05, 4.69) is 62.1 Å². The van der Waals surface area contributed by atoms with Crippen molar-refractivity contribution < 1.29 is 4.74 Å². The fourth-order valence-corrected chi connectivity index (χ4v) is 5.33. The molecule has 2 aliphatic rings. The van der Waals surface area contributed by atoms with E-state index < -0.39 is 0 Å². The molecule has 0 N–H and O–H groups in total. The highest BCUT2D eigenvalue weighted by Crippen LogP contribution is 2.32.